The maximum atomic E-state index is 13.6. The van der Waals surface area contributed by atoms with Crippen LogP contribution in [0.1, 0.15) is 47.8 Å². The van der Waals surface area contributed by atoms with E-state index in [4.69, 9.17) is 9.47 Å². The van der Waals surface area contributed by atoms with E-state index in [0.717, 1.165) is 11.3 Å². The van der Waals surface area contributed by atoms with Crippen molar-refractivity contribution in [2.75, 3.05) is 26.4 Å². The van der Waals surface area contributed by atoms with Crippen LogP contribution in [0.4, 0.5) is 4.79 Å². The molecule has 0 bridgehead atoms. The maximum Gasteiger partial charge on any atom is 0.325 e. The summed E-state index contributed by atoms with van der Waals surface area (Å²) in [7, 11) is 0. The van der Waals surface area contributed by atoms with Crippen molar-refractivity contribution in [3.8, 4) is 11.5 Å². The molecule has 3 aliphatic heterocycles. The molecule has 1 N–H and O–H groups in total. The number of amides is 4. The van der Waals surface area contributed by atoms with E-state index in [0.29, 0.717) is 62.4 Å². The molecule has 4 heterocycles. The van der Waals surface area contributed by atoms with Crippen LogP contribution in [0, 0.1) is 5.92 Å². The first-order valence-electron chi connectivity index (χ1n) is 11.9. The van der Waals surface area contributed by atoms with Crippen molar-refractivity contribution >= 4 is 29.2 Å². The summed E-state index contributed by atoms with van der Waals surface area (Å²) in [6, 6.07) is 8.94. The van der Waals surface area contributed by atoms with Gasteiger partial charge >= 0.3 is 6.03 Å². The number of rotatable bonds is 7. The van der Waals surface area contributed by atoms with Crippen LogP contribution in [-0.4, -0.2) is 59.6 Å². The summed E-state index contributed by atoms with van der Waals surface area (Å²) >= 11 is 1.63. The number of nitrogens with one attached hydrogen (secondary N) is 1. The van der Waals surface area contributed by atoms with Crippen molar-refractivity contribution in [2.45, 2.75) is 44.6 Å². The van der Waals surface area contributed by atoms with Crippen LogP contribution in [0.5, 0.6) is 11.5 Å². The molecule has 0 radical (unpaired) electrons. The van der Waals surface area contributed by atoms with Crippen molar-refractivity contribution in [2.24, 2.45) is 5.92 Å². The molecule has 8 nitrogen and oxygen atoms in total. The largest absolute Gasteiger partial charge is 0.454 e. The van der Waals surface area contributed by atoms with Crippen LogP contribution >= 0.6 is 11.3 Å². The first-order chi connectivity index (χ1) is 16.5. The molecule has 5 rings (SSSR count). The number of thiophene rings is 1. The zero-order chi connectivity index (χ0) is 23.7. The number of fused-ring (bicyclic) bond motifs is 1. The zero-order valence-electron chi connectivity index (χ0n) is 19.2. The molecule has 1 unspecified atom stereocenters. The number of likely N-dealkylation sites (tertiary alicyclic amines) is 1. The van der Waals surface area contributed by atoms with Gasteiger partial charge in [-0.15, -0.1) is 11.3 Å². The highest BCUT2D eigenvalue weighted by Crippen LogP contribution is 2.38. The van der Waals surface area contributed by atoms with Crippen molar-refractivity contribution in [1.29, 1.82) is 0 Å². The van der Waals surface area contributed by atoms with E-state index < -0.39 is 5.54 Å². The lowest BCUT2D eigenvalue weighted by atomic mass is 9.74. The predicted octanol–water partition coefficient (Wildman–Crippen LogP) is 3.66. The lowest BCUT2D eigenvalue weighted by molar-refractivity contribution is -0.134. The highest BCUT2D eigenvalue weighted by Gasteiger charge is 2.55. The second-order valence-electron chi connectivity index (χ2n) is 9.07. The molecule has 34 heavy (non-hydrogen) atoms. The molecule has 9 heteroatoms. The summed E-state index contributed by atoms with van der Waals surface area (Å²) in [4.78, 5) is 43.9. The Balaban J connectivity index is 1.26. The number of ether oxygens (including phenoxy) is 2. The van der Waals surface area contributed by atoms with Crippen LogP contribution < -0.4 is 14.8 Å². The number of hydrogen-bond donors (Lipinski definition) is 1. The Bertz CT molecular complexity index is 1080. The van der Waals surface area contributed by atoms with Crippen molar-refractivity contribution < 1.29 is 23.9 Å². The molecule has 1 aromatic carbocycles. The molecule has 1 atom stereocenters. The lowest BCUT2D eigenvalue weighted by Crippen LogP contribution is -2.56. The summed E-state index contributed by atoms with van der Waals surface area (Å²) in [5.74, 6) is 1.06. The van der Waals surface area contributed by atoms with Gasteiger partial charge in [0.05, 0.1) is 0 Å². The number of urea groups is 1. The van der Waals surface area contributed by atoms with Gasteiger partial charge in [0.25, 0.3) is 11.8 Å². The third-order valence-electron chi connectivity index (χ3n) is 7.11. The maximum absolute atomic E-state index is 13.6. The molecular weight excluding hydrogens is 454 g/mol. The van der Waals surface area contributed by atoms with Gasteiger partial charge in [-0.1, -0.05) is 19.4 Å². The summed E-state index contributed by atoms with van der Waals surface area (Å²) in [6.45, 7) is 3.68. The minimum absolute atomic E-state index is 0.00329. The highest BCUT2D eigenvalue weighted by molar-refractivity contribution is 7.09. The Morgan fingerprint density at radius 1 is 1.18 bits per heavy atom. The minimum Gasteiger partial charge on any atom is -0.454 e. The van der Waals surface area contributed by atoms with Crippen LogP contribution in [0.15, 0.2) is 35.7 Å². The summed E-state index contributed by atoms with van der Waals surface area (Å²) in [5, 5.41) is 5.08. The topological polar surface area (TPSA) is 88.2 Å². The van der Waals surface area contributed by atoms with E-state index in [-0.39, 0.29) is 30.6 Å². The number of carbonyl (C=O) groups is 3. The first kappa shape index (κ1) is 22.7. The molecule has 4 amide bonds. The number of hydrogen-bond acceptors (Lipinski definition) is 6. The third kappa shape index (κ3) is 4.02. The molecule has 180 valence electrons. The van der Waals surface area contributed by atoms with Crippen LogP contribution in [0.2, 0.25) is 0 Å². The molecule has 3 aliphatic rings. The molecule has 0 spiro atoms. The quantitative estimate of drug-likeness (QED) is 0.608. The van der Waals surface area contributed by atoms with Gasteiger partial charge in [-0.25, -0.2) is 4.79 Å². The average molecular weight is 484 g/mol. The van der Waals surface area contributed by atoms with Crippen molar-refractivity contribution in [3.63, 3.8) is 0 Å². The SMILES string of the molecule is CCCC1(C2CCN(C(=O)c3ccc4c(c3)OCO4)CC2)NC(=O)N(CCc2cccs2)C1=O. The smallest absolute Gasteiger partial charge is 0.325 e. The van der Waals surface area contributed by atoms with E-state index in [9.17, 15) is 14.4 Å². The average Bonchev–Trinajstić information content (AvgIpc) is 3.59. The molecule has 2 fully saturated rings. The molecule has 2 aromatic rings. The number of benzene rings is 1. The fourth-order valence-electron chi connectivity index (χ4n) is 5.36. The highest BCUT2D eigenvalue weighted by atomic mass is 32.1. The van der Waals surface area contributed by atoms with Gasteiger partial charge in [0, 0.05) is 30.1 Å². The fourth-order valence-corrected chi connectivity index (χ4v) is 6.06. The molecule has 0 aliphatic carbocycles. The van der Waals surface area contributed by atoms with Gasteiger partial charge in [-0.3, -0.25) is 14.5 Å². The Morgan fingerprint density at radius 3 is 2.71 bits per heavy atom. The Kier molecular flexibility index (Phi) is 6.20. The first-order valence-corrected chi connectivity index (χ1v) is 12.7. The van der Waals surface area contributed by atoms with E-state index in [1.54, 1.807) is 29.5 Å². The molecule has 2 saturated heterocycles. The molecule has 1 aromatic heterocycles. The third-order valence-corrected chi connectivity index (χ3v) is 8.04. The van der Waals surface area contributed by atoms with E-state index in [1.807, 2.05) is 29.3 Å². The number of imide groups is 1. The number of nitrogens with zero attached hydrogens (tertiary/aromatic N) is 2. The van der Waals surface area contributed by atoms with E-state index in [2.05, 4.69) is 5.32 Å². The van der Waals surface area contributed by atoms with E-state index >= 15 is 0 Å². The predicted molar refractivity (Wildman–Crippen MR) is 127 cm³/mol. The second kappa shape index (κ2) is 9.29. The number of piperidine rings is 1. The molecule has 0 saturated carbocycles. The second-order valence-corrected chi connectivity index (χ2v) is 10.1. The monoisotopic (exact) mass is 483 g/mol. The Labute approximate surface area is 202 Å². The summed E-state index contributed by atoms with van der Waals surface area (Å²) in [5.41, 5.74) is -0.314. The number of carbonyl (C=O) groups excluding carboxylic acids is 3. The fraction of sp³-hybridized carbons (Fsp3) is 0.480. The van der Waals surface area contributed by atoms with Gasteiger partial charge in [0.1, 0.15) is 5.54 Å². The van der Waals surface area contributed by atoms with Gasteiger partial charge in [0.15, 0.2) is 11.5 Å². The summed E-state index contributed by atoms with van der Waals surface area (Å²) in [6.07, 6.45) is 3.40. The van der Waals surface area contributed by atoms with Crippen LogP contribution in [0.3, 0.4) is 0 Å². The van der Waals surface area contributed by atoms with Gasteiger partial charge < -0.3 is 19.7 Å². The van der Waals surface area contributed by atoms with E-state index in [1.165, 1.54) is 4.90 Å². The van der Waals surface area contributed by atoms with Crippen LogP contribution in [-0.2, 0) is 11.2 Å². The summed E-state index contributed by atoms with van der Waals surface area (Å²) < 4.78 is 10.7. The van der Waals surface area contributed by atoms with Crippen LogP contribution in [0.25, 0.3) is 0 Å². The van der Waals surface area contributed by atoms with Crippen molar-refractivity contribution in [3.05, 3.63) is 46.2 Å². The van der Waals surface area contributed by atoms with Crippen molar-refractivity contribution in [1.82, 2.24) is 15.1 Å². The van der Waals surface area contributed by atoms with Gasteiger partial charge in [-0.05, 0) is 61.2 Å². The van der Waals surface area contributed by atoms with Gasteiger partial charge in [0.2, 0.25) is 6.79 Å². The van der Waals surface area contributed by atoms with Gasteiger partial charge in [-0.2, -0.15) is 0 Å². The zero-order valence-corrected chi connectivity index (χ0v) is 20.1. The Morgan fingerprint density at radius 2 is 1.97 bits per heavy atom. The standard InChI is InChI=1S/C25H29N3O5S/c1-2-10-25(23(30)28(24(31)26-25)13-9-19-4-3-14-34-19)18-7-11-27(12-8-18)22(29)17-5-6-20-21(15-17)33-16-32-20/h3-6,14-15,18H,2,7-13,16H2,1H3,(H,26,31). The Hall–Kier alpha value is -3.07. The lowest BCUT2D eigenvalue weighted by Gasteiger charge is -2.41. The normalized spacial score (nSPS) is 22.4. The minimum atomic E-state index is -0.880. The molecular formula is C25H29N3O5S.